The molecule has 0 radical (unpaired) electrons. The largest absolute Gasteiger partial charge is 0.573 e. The predicted molar refractivity (Wildman–Crippen MR) is 129 cm³/mol. The van der Waals surface area contributed by atoms with Crippen LogP contribution in [0.3, 0.4) is 0 Å². The average molecular weight is 590 g/mol. The molecular formula is C23H21BrF5N5O3. The third-order valence-electron chi connectivity index (χ3n) is 5.03. The summed E-state index contributed by atoms with van der Waals surface area (Å²) in [5.74, 6) is 0.192. The van der Waals surface area contributed by atoms with Gasteiger partial charge in [-0.25, -0.2) is 10.6 Å². The van der Waals surface area contributed by atoms with Gasteiger partial charge in [-0.05, 0) is 55.5 Å². The van der Waals surface area contributed by atoms with E-state index >= 15 is 0 Å². The van der Waals surface area contributed by atoms with Gasteiger partial charge in [0.05, 0.1) is 23.7 Å². The number of esters is 1. The summed E-state index contributed by atoms with van der Waals surface area (Å²) in [7, 11) is 1.41. The fourth-order valence-electron chi connectivity index (χ4n) is 3.39. The highest BCUT2D eigenvalue weighted by atomic mass is 79.9. The van der Waals surface area contributed by atoms with Crippen LogP contribution in [0.4, 0.5) is 27.6 Å². The van der Waals surface area contributed by atoms with Crippen molar-refractivity contribution >= 4 is 33.3 Å². The number of aryl methyl sites for hydroxylation is 1. The van der Waals surface area contributed by atoms with Crippen LogP contribution >= 0.6 is 15.9 Å². The zero-order valence-corrected chi connectivity index (χ0v) is 21.0. The number of rotatable bonds is 8. The number of hydrogen-bond donors (Lipinski definition) is 2. The predicted octanol–water partition coefficient (Wildman–Crippen LogP) is 5.04. The van der Waals surface area contributed by atoms with Crippen LogP contribution < -0.4 is 21.3 Å². The van der Waals surface area contributed by atoms with E-state index < -0.39 is 29.7 Å². The van der Waals surface area contributed by atoms with Crippen LogP contribution in [0.15, 0.2) is 59.2 Å². The van der Waals surface area contributed by atoms with Gasteiger partial charge in [-0.15, -0.1) is 13.2 Å². The molecule has 4 N–H and O–H groups in total. The number of alkyl halides is 5. The number of halogens is 6. The van der Waals surface area contributed by atoms with Crippen LogP contribution in [0.2, 0.25) is 0 Å². The molecule has 198 valence electrons. The van der Waals surface area contributed by atoms with Gasteiger partial charge in [-0.2, -0.15) is 13.9 Å². The van der Waals surface area contributed by atoms with Gasteiger partial charge in [-0.1, -0.05) is 15.9 Å². The molecule has 0 spiro atoms. The molecule has 14 heteroatoms. The lowest BCUT2D eigenvalue weighted by Gasteiger charge is -2.25. The van der Waals surface area contributed by atoms with Gasteiger partial charge in [0.25, 0.3) is 0 Å². The first-order valence-electron chi connectivity index (χ1n) is 10.5. The van der Waals surface area contributed by atoms with Crippen LogP contribution in [0, 0.1) is 0 Å². The maximum absolute atomic E-state index is 14.6. The Kier molecular flexibility index (Phi) is 8.12. The van der Waals surface area contributed by atoms with E-state index in [1.807, 2.05) is 0 Å². The molecule has 0 atom stereocenters. The zero-order valence-electron chi connectivity index (χ0n) is 19.4. The van der Waals surface area contributed by atoms with Crippen molar-refractivity contribution < 1.29 is 36.2 Å². The number of hydrazine groups is 1. The molecule has 3 aromatic rings. The van der Waals surface area contributed by atoms with Crippen molar-refractivity contribution in [1.82, 2.24) is 9.78 Å². The lowest BCUT2D eigenvalue weighted by atomic mass is 10.1. The average Bonchev–Trinajstić information content (AvgIpc) is 3.22. The summed E-state index contributed by atoms with van der Waals surface area (Å²) in [4.78, 5) is 11.8. The van der Waals surface area contributed by atoms with Crippen molar-refractivity contribution in [2.24, 2.45) is 18.6 Å². The SMILES string of the molecule is CCOC(=O)C(F)(F)c1cc(-c2ccc(Br)cc2N(N)/C(=C\N)c2ccc(OC(F)(F)F)cc2)n(C)n1. The second-order valence-electron chi connectivity index (χ2n) is 7.49. The number of nitrogens with zero attached hydrogens (tertiary/aromatic N) is 3. The van der Waals surface area contributed by atoms with E-state index in [-0.39, 0.29) is 23.7 Å². The van der Waals surface area contributed by atoms with E-state index in [1.165, 1.54) is 26.1 Å². The van der Waals surface area contributed by atoms with Crippen molar-refractivity contribution in [3.63, 3.8) is 0 Å². The van der Waals surface area contributed by atoms with E-state index in [1.54, 1.807) is 18.2 Å². The standard InChI is InChI=1S/C23H21BrF5N5O3/c1-3-36-21(35)22(25,26)20-11-17(33(2)32-20)16-9-6-14(24)10-18(16)34(31)19(12-30)13-4-7-15(8-5-13)37-23(27,28)29/h4-12H,3,30-31H2,1-2H3/b19-12-. The Balaban J connectivity index is 2.03. The summed E-state index contributed by atoms with van der Waals surface area (Å²) >= 11 is 3.33. The molecule has 0 unspecified atom stereocenters. The Bertz CT molecular complexity index is 1310. The monoisotopic (exact) mass is 589 g/mol. The molecule has 3 rings (SSSR count). The molecule has 0 aliphatic carbocycles. The summed E-state index contributed by atoms with van der Waals surface area (Å²) < 4.78 is 76.7. The number of hydrogen-bond acceptors (Lipinski definition) is 7. The van der Waals surface area contributed by atoms with Crippen LogP contribution in [0.1, 0.15) is 18.2 Å². The normalized spacial score (nSPS) is 12.4. The third kappa shape index (κ3) is 6.20. The van der Waals surface area contributed by atoms with E-state index in [9.17, 15) is 26.7 Å². The minimum absolute atomic E-state index is 0.178. The highest BCUT2D eigenvalue weighted by Crippen LogP contribution is 2.38. The van der Waals surface area contributed by atoms with Crippen LogP contribution in [-0.2, 0) is 22.5 Å². The Labute approximate surface area is 216 Å². The fraction of sp³-hybridized carbons (Fsp3) is 0.217. The smallest absolute Gasteiger partial charge is 0.461 e. The molecule has 1 heterocycles. The molecular weight excluding hydrogens is 569 g/mol. The van der Waals surface area contributed by atoms with Crippen molar-refractivity contribution in [1.29, 1.82) is 0 Å². The molecule has 0 aliphatic rings. The van der Waals surface area contributed by atoms with Gasteiger partial charge < -0.3 is 15.2 Å². The van der Waals surface area contributed by atoms with Gasteiger partial charge in [0.2, 0.25) is 0 Å². The summed E-state index contributed by atoms with van der Waals surface area (Å²) in [5.41, 5.74) is 6.27. The first-order chi connectivity index (χ1) is 17.3. The number of anilines is 1. The van der Waals surface area contributed by atoms with Crippen molar-refractivity contribution in [3.8, 4) is 17.0 Å². The Morgan fingerprint density at radius 3 is 2.35 bits per heavy atom. The quantitative estimate of drug-likeness (QED) is 0.164. The number of carbonyl (C=O) groups is 1. The molecule has 8 nitrogen and oxygen atoms in total. The Morgan fingerprint density at radius 2 is 1.78 bits per heavy atom. The first-order valence-corrected chi connectivity index (χ1v) is 11.3. The second-order valence-corrected chi connectivity index (χ2v) is 8.40. The summed E-state index contributed by atoms with van der Waals surface area (Å²) in [6.07, 6.45) is -3.72. The first kappa shape index (κ1) is 27.9. The molecule has 2 aromatic carbocycles. The fourth-order valence-corrected chi connectivity index (χ4v) is 3.74. The van der Waals surface area contributed by atoms with E-state index in [4.69, 9.17) is 11.6 Å². The van der Waals surface area contributed by atoms with E-state index in [0.717, 1.165) is 34.1 Å². The molecule has 37 heavy (non-hydrogen) atoms. The Hall–Kier alpha value is -3.65. The van der Waals surface area contributed by atoms with Crippen molar-refractivity contribution in [2.75, 3.05) is 11.6 Å². The molecule has 0 aliphatic heterocycles. The number of benzene rings is 2. The third-order valence-corrected chi connectivity index (χ3v) is 5.52. The summed E-state index contributed by atoms with van der Waals surface area (Å²) in [6.45, 7) is 1.17. The molecule has 1 aromatic heterocycles. The molecule has 0 saturated heterocycles. The highest BCUT2D eigenvalue weighted by molar-refractivity contribution is 9.10. The van der Waals surface area contributed by atoms with Crippen molar-refractivity contribution in [2.45, 2.75) is 19.2 Å². The molecule has 0 bridgehead atoms. The number of aromatic nitrogens is 2. The number of carbonyl (C=O) groups excluding carboxylic acids is 1. The molecule has 0 saturated carbocycles. The summed E-state index contributed by atoms with van der Waals surface area (Å²) in [5, 5.41) is 4.93. The zero-order chi connectivity index (χ0) is 27.5. The van der Waals surface area contributed by atoms with E-state index in [2.05, 4.69) is 30.5 Å². The topological polar surface area (TPSA) is 109 Å². The maximum atomic E-state index is 14.6. The molecule has 0 fully saturated rings. The van der Waals surface area contributed by atoms with Gasteiger partial charge >= 0.3 is 18.3 Å². The minimum atomic E-state index is -4.86. The summed E-state index contributed by atoms with van der Waals surface area (Å²) in [6, 6.07) is 10.6. The highest BCUT2D eigenvalue weighted by Gasteiger charge is 2.45. The van der Waals surface area contributed by atoms with Crippen LogP contribution in [-0.4, -0.2) is 28.7 Å². The lowest BCUT2D eigenvalue weighted by molar-refractivity contribution is -0.274. The van der Waals surface area contributed by atoms with Gasteiger partial charge in [0.15, 0.2) is 0 Å². The minimum Gasteiger partial charge on any atom is -0.461 e. The lowest BCUT2D eigenvalue weighted by Crippen LogP contribution is -2.30. The maximum Gasteiger partial charge on any atom is 0.573 e. The van der Waals surface area contributed by atoms with Crippen LogP contribution in [0.5, 0.6) is 5.75 Å². The van der Waals surface area contributed by atoms with Gasteiger partial charge in [0, 0.05) is 28.8 Å². The second kappa shape index (κ2) is 10.8. The number of ether oxygens (including phenoxy) is 2. The van der Waals surface area contributed by atoms with Crippen molar-refractivity contribution in [3.05, 3.63) is 70.5 Å². The van der Waals surface area contributed by atoms with Gasteiger partial charge in [-0.3, -0.25) is 9.69 Å². The van der Waals surface area contributed by atoms with E-state index in [0.29, 0.717) is 15.6 Å². The Morgan fingerprint density at radius 1 is 1.14 bits per heavy atom. The van der Waals surface area contributed by atoms with Crippen LogP contribution in [0.25, 0.3) is 17.0 Å². The molecule has 0 amide bonds. The van der Waals surface area contributed by atoms with Gasteiger partial charge in [0.1, 0.15) is 11.4 Å². The number of nitrogens with two attached hydrogens (primary N) is 2.